The molecule has 0 aliphatic heterocycles. The van der Waals surface area contributed by atoms with Crippen molar-refractivity contribution in [1.29, 1.82) is 0 Å². The molecule has 0 spiro atoms. The van der Waals surface area contributed by atoms with Crippen molar-refractivity contribution >= 4 is 39.2 Å². The summed E-state index contributed by atoms with van der Waals surface area (Å²) in [5.41, 5.74) is 2.39. The number of carboxylic acids is 1. The van der Waals surface area contributed by atoms with Crippen LogP contribution in [0, 0.1) is 13.8 Å². The van der Waals surface area contributed by atoms with Crippen molar-refractivity contribution in [3.63, 3.8) is 0 Å². The number of carbonyl (C=O) groups is 2. The smallest absolute Gasteiger partial charge is 0.344 e. The molecule has 0 unspecified atom stereocenters. The number of halogens is 1. The Morgan fingerprint density at radius 1 is 1.06 bits per heavy atom. The van der Waals surface area contributed by atoms with Crippen LogP contribution in [-0.4, -0.2) is 38.0 Å². The molecule has 2 N–H and O–H groups in total. The molecule has 0 fully saturated rings. The number of aliphatic carboxylic acids is 1. The first-order valence-corrected chi connectivity index (χ1v) is 12.9. The molecule has 0 aliphatic rings. The summed E-state index contributed by atoms with van der Waals surface area (Å²) >= 11 is 6.25. The number of nitrogens with one attached hydrogen (secondary N) is 1. The highest BCUT2D eigenvalue weighted by molar-refractivity contribution is 7.92. The van der Waals surface area contributed by atoms with E-state index in [1.807, 2.05) is 6.92 Å². The number of benzene rings is 3. The van der Waals surface area contributed by atoms with E-state index in [2.05, 4.69) is 5.32 Å². The van der Waals surface area contributed by atoms with Crippen molar-refractivity contribution in [2.45, 2.75) is 38.3 Å². The van der Waals surface area contributed by atoms with Gasteiger partial charge in [0, 0.05) is 11.6 Å². The summed E-state index contributed by atoms with van der Waals surface area (Å²) in [6, 6.07) is 17.9. The van der Waals surface area contributed by atoms with Gasteiger partial charge in [-0.15, -0.1) is 0 Å². The van der Waals surface area contributed by atoms with Crippen molar-refractivity contribution < 1.29 is 27.9 Å². The van der Waals surface area contributed by atoms with Gasteiger partial charge in [-0.3, -0.25) is 9.10 Å². The SMILES string of the molecule is Cc1ccc(S(=O)(=O)N(CC(=O)NCc2cccc(O[C@@H](C)C(=O)O)c2)c2cccc(Cl)c2C)cc1. The van der Waals surface area contributed by atoms with Gasteiger partial charge in [-0.2, -0.15) is 0 Å². The maximum atomic E-state index is 13.6. The molecular formula is C26H27ClN2O6S. The number of rotatable bonds is 10. The topological polar surface area (TPSA) is 113 Å². The number of carboxylic acid groups (broad SMARTS) is 1. The molecule has 1 atom stereocenters. The molecule has 3 aromatic rings. The molecule has 1 amide bonds. The summed E-state index contributed by atoms with van der Waals surface area (Å²) in [6.45, 7) is 4.58. The third-order valence-corrected chi connectivity index (χ3v) is 7.64. The van der Waals surface area contributed by atoms with Crippen molar-refractivity contribution in [2.24, 2.45) is 0 Å². The van der Waals surface area contributed by atoms with Gasteiger partial charge in [-0.1, -0.05) is 47.5 Å². The highest BCUT2D eigenvalue weighted by Crippen LogP contribution is 2.31. The monoisotopic (exact) mass is 530 g/mol. The summed E-state index contributed by atoms with van der Waals surface area (Å²) < 4.78 is 33.5. The zero-order valence-corrected chi connectivity index (χ0v) is 21.6. The average molecular weight is 531 g/mol. The summed E-state index contributed by atoms with van der Waals surface area (Å²) in [5, 5.41) is 12.1. The zero-order valence-electron chi connectivity index (χ0n) is 20.1. The summed E-state index contributed by atoms with van der Waals surface area (Å²) in [5.74, 6) is -1.29. The average Bonchev–Trinajstić information content (AvgIpc) is 2.83. The lowest BCUT2D eigenvalue weighted by molar-refractivity contribution is -0.144. The molecule has 190 valence electrons. The van der Waals surface area contributed by atoms with Crippen molar-refractivity contribution in [1.82, 2.24) is 5.32 Å². The molecule has 0 bridgehead atoms. The van der Waals surface area contributed by atoms with E-state index < -0.39 is 34.5 Å². The Kier molecular flexibility index (Phi) is 8.60. The number of anilines is 1. The van der Waals surface area contributed by atoms with Crippen LogP contribution in [0.1, 0.15) is 23.6 Å². The molecule has 0 aliphatic carbocycles. The molecule has 3 rings (SSSR count). The van der Waals surface area contributed by atoms with Crippen LogP contribution < -0.4 is 14.4 Å². The highest BCUT2D eigenvalue weighted by atomic mass is 35.5. The Morgan fingerprint density at radius 3 is 2.39 bits per heavy atom. The van der Waals surface area contributed by atoms with E-state index >= 15 is 0 Å². The maximum Gasteiger partial charge on any atom is 0.344 e. The number of ether oxygens (including phenoxy) is 1. The van der Waals surface area contributed by atoms with Crippen LogP contribution >= 0.6 is 11.6 Å². The lowest BCUT2D eigenvalue weighted by Crippen LogP contribution is -2.41. The van der Waals surface area contributed by atoms with Crippen molar-refractivity contribution in [3.8, 4) is 5.75 Å². The van der Waals surface area contributed by atoms with Crippen LogP contribution in [0.4, 0.5) is 5.69 Å². The summed E-state index contributed by atoms with van der Waals surface area (Å²) in [7, 11) is -4.08. The van der Waals surface area contributed by atoms with Gasteiger partial charge in [0.2, 0.25) is 5.91 Å². The van der Waals surface area contributed by atoms with Crippen LogP contribution in [0.3, 0.4) is 0 Å². The number of amides is 1. The molecule has 8 nitrogen and oxygen atoms in total. The van der Waals surface area contributed by atoms with Gasteiger partial charge in [-0.25, -0.2) is 13.2 Å². The van der Waals surface area contributed by atoms with E-state index in [-0.39, 0.29) is 11.4 Å². The normalized spacial score (nSPS) is 12.0. The quantitative estimate of drug-likeness (QED) is 0.403. The number of carbonyl (C=O) groups excluding carboxylic acids is 1. The van der Waals surface area contributed by atoms with Crippen LogP contribution in [0.5, 0.6) is 5.75 Å². The van der Waals surface area contributed by atoms with Gasteiger partial charge in [0.15, 0.2) is 6.10 Å². The fourth-order valence-electron chi connectivity index (χ4n) is 3.37. The fourth-order valence-corrected chi connectivity index (χ4v) is 5.02. The molecule has 36 heavy (non-hydrogen) atoms. The molecule has 0 saturated carbocycles. The van der Waals surface area contributed by atoms with Gasteiger partial charge in [0.05, 0.1) is 10.6 Å². The minimum atomic E-state index is -4.08. The van der Waals surface area contributed by atoms with E-state index in [0.717, 1.165) is 9.87 Å². The Hall–Kier alpha value is -3.56. The number of nitrogens with zero attached hydrogens (tertiary/aromatic N) is 1. The second kappa shape index (κ2) is 11.5. The predicted octanol–water partition coefficient (Wildman–Crippen LogP) is 4.32. The van der Waals surface area contributed by atoms with Crippen molar-refractivity contribution in [3.05, 3.63) is 88.4 Å². The largest absolute Gasteiger partial charge is 0.479 e. The van der Waals surface area contributed by atoms with Crippen molar-refractivity contribution in [2.75, 3.05) is 10.8 Å². The Balaban J connectivity index is 1.82. The van der Waals surface area contributed by atoms with Gasteiger partial charge >= 0.3 is 5.97 Å². The lowest BCUT2D eigenvalue weighted by Gasteiger charge is -2.26. The van der Waals surface area contributed by atoms with E-state index in [1.54, 1.807) is 61.5 Å². The first-order chi connectivity index (χ1) is 17.0. The number of hydrogen-bond acceptors (Lipinski definition) is 5. The molecule has 0 saturated heterocycles. The third-order valence-electron chi connectivity index (χ3n) is 5.45. The van der Waals surface area contributed by atoms with E-state index in [9.17, 15) is 18.0 Å². The van der Waals surface area contributed by atoms with Crippen LogP contribution in [0.15, 0.2) is 71.6 Å². The zero-order chi connectivity index (χ0) is 26.5. The molecule has 3 aromatic carbocycles. The van der Waals surface area contributed by atoms with Crippen LogP contribution in [0.2, 0.25) is 5.02 Å². The van der Waals surface area contributed by atoms with E-state index in [1.165, 1.54) is 19.1 Å². The lowest BCUT2D eigenvalue weighted by atomic mass is 10.2. The molecular weight excluding hydrogens is 504 g/mol. The number of aryl methyl sites for hydroxylation is 1. The Morgan fingerprint density at radius 2 is 1.72 bits per heavy atom. The number of sulfonamides is 1. The summed E-state index contributed by atoms with van der Waals surface area (Å²) in [4.78, 5) is 24.0. The molecule has 10 heteroatoms. The van der Waals surface area contributed by atoms with Crippen LogP contribution in [0.25, 0.3) is 0 Å². The second-order valence-corrected chi connectivity index (χ2v) is 10.5. The second-order valence-electron chi connectivity index (χ2n) is 8.23. The summed E-state index contributed by atoms with van der Waals surface area (Å²) in [6.07, 6.45) is -1.03. The van der Waals surface area contributed by atoms with E-state index in [0.29, 0.717) is 27.6 Å². The Labute approximate surface area is 215 Å². The number of hydrogen-bond donors (Lipinski definition) is 2. The van der Waals surface area contributed by atoms with Crippen LogP contribution in [-0.2, 0) is 26.2 Å². The van der Waals surface area contributed by atoms with E-state index in [4.69, 9.17) is 21.4 Å². The molecule has 0 aromatic heterocycles. The van der Waals surface area contributed by atoms with Gasteiger partial charge in [-0.05, 0) is 68.3 Å². The van der Waals surface area contributed by atoms with Gasteiger partial charge in [0.1, 0.15) is 12.3 Å². The molecule has 0 radical (unpaired) electrons. The van der Waals surface area contributed by atoms with Gasteiger partial charge < -0.3 is 15.2 Å². The molecule has 0 heterocycles. The minimum Gasteiger partial charge on any atom is -0.479 e. The fraction of sp³-hybridized carbons (Fsp3) is 0.231. The Bertz CT molecular complexity index is 1360. The minimum absolute atomic E-state index is 0.0534. The van der Waals surface area contributed by atoms with Gasteiger partial charge in [0.25, 0.3) is 10.0 Å². The third kappa shape index (κ3) is 6.56. The predicted molar refractivity (Wildman–Crippen MR) is 138 cm³/mol. The first-order valence-electron chi connectivity index (χ1n) is 11.1. The highest BCUT2D eigenvalue weighted by Gasteiger charge is 2.28. The first kappa shape index (κ1) is 27.0. The standard InChI is InChI=1S/C26H27ClN2O6S/c1-17-10-12-22(13-11-17)36(33,34)29(24-9-5-8-23(27)18(24)2)16-25(30)28-15-20-6-4-7-21(14-20)35-19(3)26(31)32/h4-14,19H,15-16H2,1-3H3,(H,28,30)(H,31,32)/t19-/m0/s1. The maximum absolute atomic E-state index is 13.6.